The lowest BCUT2D eigenvalue weighted by molar-refractivity contribution is 0.230. The average Bonchev–Trinajstić information content (AvgIpc) is 2.08. The molecule has 0 aromatic rings. The van der Waals surface area contributed by atoms with Crippen molar-refractivity contribution in [1.82, 2.24) is 4.90 Å². The molecule has 0 bridgehead atoms. The number of urea groups is 1. The van der Waals surface area contributed by atoms with E-state index in [9.17, 15) is 4.79 Å². The predicted molar refractivity (Wildman–Crippen MR) is 51.3 cm³/mol. The smallest absolute Gasteiger partial charge is 0.320 e. The normalized spacial score (nSPS) is 8.00. The second kappa shape index (κ2) is 8.04. The molecular weight excluding hydrogens is 154 g/mol. The van der Waals surface area contributed by atoms with Crippen LogP contribution in [0.15, 0.2) is 0 Å². The first-order valence-corrected chi connectivity index (χ1v) is 4.27. The maximum Gasteiger partial charge on any atom is 0.320 e. The Morgan fingerprint density at radius 1 is 1.42 bits per heavy atom. The van der Waals surface area contributed by atoms with Crippen molar-refractivity contribution in [2.24, 2.45) is 5.73 Å². The highest BCUT2D eigenvalue weighted by Crippen LogP contribution is 1.92. The van der Waals surface area contributed by atoms with E-state index in [1.54, 1.807) is 6.92 Å². The second-order valence-corrected chi connectivity index (χ2v) is 1.88. The van der Waals surface area contributed by atoms with Crippen molar-refractivity contribution in [2.75, 3.05) is 6.54 Å². The highest BCUT2D eigenvalue weighted by atomic mass is 16.2. The van der Waals surface area contributed by atoms with E-state index in [1.165, 1.54) is 4.90 Å². The van der Waals surface area contributed by atoms with Gasteiger partial charge in [-0.15, -0.1) is 0 Å². The summed E-state index contributed by atoms with van der Waals surface area (Å²) in [5, 5.41) is 7.25. The summed E-state index contributed by atoms with van der Waals surface area (Å²) in [6, 6.07) is -0.547. The van der Waals surface area contributed by atoms with E-state index in [2.05, 4.69) is 0 Å². The molecule has 4 heteroatoms. The van der Waals surface area contributed by atoms with Crippen LogP contribution in [0.5, 0.6) is 0 Å². The molecule has 0 atom stereocenters. The number of hydrogen-bond donors (Lipinski definition) is 2. The standard InChI is InChI=1S/C6H13N3O.C2H6/c1-3-5(7)9(4-2)6(8)10;1-2/h7H,3-4H2,1-2H3,(H2,8,10);1-2H3. The summed E-state index contributed by atoms with van der Waals surface area (Å²) in [5.74, 6) is 0.273. The number of amides is 2. The fourth-order valence-electron chi connectivity index (χ4n) is 0.671. The summed E-state index contributed by atoms with van der Waals surface area (Å²) in [7, 11) is 0. The van der Waals surface area contributed by atoms with Crippen LogP contribution < -0.4 is 5.73 Å². The number of carbonyl (C=O) groups is 1. The summed E-state index contributed by atoms with van der Waals surface area (Å²) >= 11 is 0. The minimum atomic E-state index is -0.547. The molecular formula is C8H19N3O. The molecule has 3 N–H and O–H groups in total. The highest BCUT2D eigenvalue weighted by molar-refractivity contribution is 5.94. The van der Waals surface area contributed by atoms with Crippen molar-refractivity contribution in [1.29, 1.82) is 5.41 Å². The molecule has 2 amide bonds. The summed E-state index contributed by atoms with van der Waals surface area (Å²) in [5.41, 5.74) is 4.97. The van der Waals surface area contributed by atoms with Gasteiger partial charge in [0.1, 0.15) is 5.84 Å². The first kappa shape index (κ1) is 13.5. The van der Waals surface area contributed by atoms with Crippen molar-refractivity contribution in [3.63, 3.8) is 0 Å². The van der Waals surface area contributed by atoms with Crippen molar-refractivity contribution in [3.05, 3.63) is 0 Å². The molecule has 0 aliphatic rings. The third kappa shape index (κ3) is 4.71. The number of hydrogen-bond acceptors (Lipinski definition) is 2. The molecule has 0 spiro atoms. The van der Waals surface area contributed by atoms with Crippen LogP contribution in [-0.2, 0) is 0 Å². The molecule has 0 heterocycles. The van der Waals surface area contributed by atoms with E-state index in [-0.39, 0.29) is 5.84 Å². The fraction of sp³-hybridized carbons (Fsp3) is 0.750. The van der Waals surface area contributed by atoms with Crippen molar-refractivity contribution < 1.29 is 4.79 Å². The van der Waals surface area contributed by atoms with E-state index in [0.717, 1.165) is 0 Å². The Labute approximate surface area is 74.2 Å². The van der Waals surface area contributed by atoms with Gasteiger partial charge in [-0.2, -0.15) is 0 Å². The highest BCUT2D eigenvalue weighted by Gasteiger charge is 2.09. The van der Waals surface area contributed by atoms with Crippen LogP contribution in [0.1, 0.15) is 34.1 Å². The van der Waals surface area contributed by atoms with Crippen LogP contribution in [0, 0.1) is 5.41 Å². The SMILES string of the molecule is CC.CCC(=N)N(CC)C(N)=O. The third-order valence-corrected chi connectivity index (χ3v) is 1.24. The number of amidine groups is 1. The maximum atomic E-state index is 10.5. The Morgan fingerprint density at radius 3 is 1.92 bits per heavy atom. The number of nitrogens with zero attached hydrogens (tertiary/aromatic N) is 1. The molecule has 12 heavy (non-hydrogen) atoms. The number of primary amides is 1. The summed E-state index contributed by atoms with van der Waals surface area (Å²) in [6.45, 7) is 8.07. The van der Waals surface area contributed by atoms with E-state index in [1.807, 2.05) is 20.8 Å². The Kier molecular flexibility index (Phi) is 9.06. The Bertz CT molecular complexity index is 145. The zero-order chi connectivity index (χ0) is 10.1. The minimum Gasteiger partial charge on any atom is -0.351 e. The van der Waals surface area contributed by atoms with Crippen LogP contribution in [0.4, 0.5) is 4.79 Å². The van der Waals surface area contributed by atoms with E-state index >= 15 is 0 Å². The molecule has 72 valence electrons. The molecule has 4 nitrogen and oxygen atoms in total. The van der Waals surface area contributed by atoms with Crippen molar-refractivity contribution >= 4 is 11.9 Å². The average molecular weight is 173 g/mol. The number of carbonyl (C=O) groups excluding carboxylic acids is 1. The molecule has 0 aliphatic carbocycles. The number of nitrogens with one attached hydrogen (secondary N) is 1. The second-order valence-electron chi connectivity index (χ2n) is 1.88. The molecule has 0 unspecified atom stereocenters. The Morgan fingerprint density at radius 2 is 1.83 bits per heavy atom. The molecule has 0 aliphatic heterocycles. The van der Waals surface area contributed by atoms with E-state index in [0.29, 0.717) is 13.0 Å². The predicted octanol–water partition coefficient (Wildman–Crippen LogP) is 1.80. The maximum absolute atomic E-state index is 10.5. The minimum absolute atomic E-state index is 0.273. The fourth-order valence-corrected chi connectivity index (χ4v) is 0.671. The summed E-state index contributed by atoms with van der Waals surface area (Å²) in [6.07, 6.45) is 0.538. The lowest BCUT2D eigenvalue weighted by Crippen LogP contribution is -2.39. The molecule has 0 saturated carbocycles. The largest absolute Gasteiger partial charge is 0.351 e. The van der Waals surface area contributed by atoms with Gasteiger partial charge in [0.05, 0.1) is 0 Å². The van der Waals surface area contributed by atoms with Gasteiger partial charge in [-0.1, -0.05) is 20.8 Å². The van der Waals surface area contributed by atoms with Crippen molar-refractivity contribution in [2.45, 2.75) is 34.1 Å². The monoisotopic (exact) mass is 173 g/mol. The quantitative estimate of drug-likeness (QED) is 0.485. The zero-order valence-corrected chi connectivity index (χ0v) is 8.35. The van der Waals surface area contributed by atoms with Gasteiger partial charge in [-0.25, -0.2) is 4.79 Å². The summed E-state index contributed by atoms with van der Waals surface area (Å²) in [4.78, 5) is 11.8. The number of nitrogens with two attached hydrogens (primary N) is 1. The first-order valence-electron chi connectivity index (χ1n) is 4.27. The van der Waals surface area contributed by atoms with Crippen molar-refractivity contribution in [3.8, 4) is 0 Å². The first-order chi connectivity index (χ1) is 5.63. The number of rotatable bonds is 2. The van der Waals surface area contributed by atoms with Gasteiger partial charge in [0.2, 0.25) is 0 Å². The molecule has 0 aromatic carbocycles. The van der Waals surface area contributed by atoms with Gasteiger partial charge in [-0.3, -0.25) is 10.3 Å². The van der Waals surface area contributed by atoms with Crippen LogP contribution in [0.2, 0.25) is 0 Å². The van der Waals surface area contributed by atoms with Gasteiger partial charge >= 0.3 is 6.03 Å². The molecule has 0 radical (unpaired) electrons. The van der Waals surface area contributed by atoms with Crippen LogP contribution >= 0.6 is 0 Å². The topological polar surface area (TPSA) is 70.2 Å². The lowest BCUT2D eigenvalue weighted by Gasteiger charge is -2.17. The Hall–Kier alpha value is -1.06. The molecule has 0 saturated heterocycles. The molecule has 0 fully saturated rings. The van der Waals surface area contributed by atoms with Gasteiger partial charge in [0.15, 0.2) is 0 Å². The Balaban J connectivity index is 0. The van der Waals surface area contributed by atoms with E-state index < -0.39 is 6.03 Å². The van der Waals surface area contributed by atoms with E-state index in [4.69, 9.17) is 11.1 Å². The van der Waals surface area contributed by atoms with Crippen LogP contribution in [0.3, 0.4) is 0 Å². The molecule has 0 rings (SSSR count). The van der Waals surface area contributed by atoms with Gasteiger partial charge < -0.3 is 5.73 Å². The lowest BCUT2D eigenvalue weighted by atomic mass is 10.4. The zero-order valence-electron chi connectivity index (χ0n) is 8.35. The van der Waals surface area contributed by atoms with Crippen LogP contribution in [-0.4, -0.2) is 23.3 Å². The van der Waals surface area contributed by atoms with Gasteiger partial charge in [0, 0.05) is 13.0 Å². The van der Waals surface area contributed by atoms with Gasteiger partial charge in [-0.05, 0) is 6.92 Å². The van der Waals surface area contributed by atoms with Crippen LogP contribution in [0.25, 0.3) is 0 Å². The van der Waals surface area contributed by atoms with Gasteiger partial charge in [0.25, 0.3) is 0 Å². The third-order valence-electron chi connectivity index (χ3n) is 1.24. The molecule has 0 aromatic heterocycles. The summed E-state index contributed by atoms with van der Waals surface area (Å²) < 4.78 is 0.